The zero-order valence-corrected chi connectivity index (χ0v) is 15.0. The molecule has 0 bridgehead atoms. The first kappa shape index (κ1) is 18.0. The summed E-state index contributed by atoms with van der Waals surface area (Å²) in [4.78, 5) is 27.3. The van der Waals surface area contributed by atoms with E-state index < -0.39 is 4.92 Å². The highest BCUT2D eigenvalue weighted by Crippen LogP contribution is 2.33. The molecule has 0 aliphatic carbocycles. The number of amidine groups is 1. The number of carbonyl (C=O) groups excluding carboxylic acids is 1. The van der Waals surface area contributed by atoms with Gasteiger partial charge in [0.25, 0.3) is 11.6 Å². The maximum atomic E-state index is 12.2. The molecule has 0 atom stereocenters. The Kier molecular flexibility index (Phi) is 5.24. The summed E-state index contributed by atoms with van der Waals surface area (Å²) < 4.78 is 5.21. The second-order valence-electron chi connectivity index (χ2n) is 5.12. The molecular weight excluding hydrogens is 378 g/mol. The first-order valence-corrected chi connectivity index (χ1v) is 8.54. The number of methoxy groups -OCH3 is 1. The van der Waals surface area contributed by atoms with Crippen LogP contribution in [0, 0.1) is 10.1 Å². The molecule has 0 saturated carbocycles. The van der Waals surface area contributed by atoms with Crippen molar-refractivity contribution in [3.63, 3.8) is 0 Å². The van der Waals surface area contributed by atoms with Crippen LogP contribution in [0.5, 0.6) is 5.75 Å². The predicted octanol–water partition coefficient (Wildman–Crippen LogP) is 4.15. The van der Waals surface area contributed by atoms with E-state index in [2.05, 4.69) is 10.3 Å². The van der Waals surface area contributed by atoms with Crippen molar-refractivity contribution in [2.24, 2.45) is 4.99 Å². The molecule has 3 rings (SSSR count). The number of ether oxygens (including phenoxy) is 1. The number of aliphatic imine (C=N–C) groups is 1. The molecule has 26 heavy (non-hydrogen) atoms. The monoisotopic (exact) mass is 389 g/mol. The van der Waals surface area contributed by atoms with Gasteiger partial charge in [-0.1, -0.05) is 23.7 Å². The topological polar surface area (TPSA) is 93.8 Å². The van der Waals surface area contributed by atoms with E-state index in [1.165, 1.54) is 31.4 Å². The van der Waals surface area contributed by atoms with Gasteiger partial charge in [0.2, 0.25) is 0 Å². The first-order valence-electron chi connectivity index (χ1n) is 7.34. The number of nitrogens with zero attached hydrogens (tertiary/aromatic N) is 2. The molecule has 1 amide bonds. The van der Waals surface area contributed by atoms with Crippen molar-refractivity contribution in [3.8, 4) is 5.75 Å². The normalized spacial score (nSPS) is 16.8. The van der Waals surface area contributed by atoms with Gasteiger partial charge < -0.3 is 10.1 Å². The van der Waals surface area contributed by atoms with Crippen LogP contribution < -0.4 is 10.1 Å². The minimum Gasteiger partial charge on any atom is -0.496 e. The van der Waals surface area contributed by atoms with Crippen LogP contribution in [0.4, 0.5) is 11.4 Å². The van der Waals surface area contributed by atoms with Crippen LogP contribution in [0.1, 0.15) is 5.56 Å². The minimum absolute atomic E-state index is 0.0917. The predicted molar refractivity (Wildman–Crippen MR) is 102 cm³/mol. The Labute approximate surface area is 157 Å². The number of halogens is 1. The number of non-ortho nitro benzene ring substituents is 1. The average Bonchev–Trinajstić information content (AvgIpc) is 2.96. The van der Waals surface area contributed by atoms with Gasteiger partial charge >= 0.3 is 0 Å². The van der Waals surface area contributed by atoms with Gasteiger partial charge in [-0.15, -0.1) is 0 Å². The Morgan fingerprint density at radius 1 is 1.31 bits per heavy atom. The molecule has 132 valence electrons. The van der Waals surface area contributed by atoms with E-state index in [1.54, 1.807) is 24.3 Å². The fraction of sp³-hybridized carbons (Fsp3) is 0.0588. The van der Waals surface area contributed by atoms with Crippen LogP contribution in [0.3, 0.4) is 0 Å². The van der Waals surface area contributed by atoms with Crippen LogP contribution in [0.25, 0.3) is 6.08 Å². The molecule has 0 radical (unpaired) electrons. The fourth-order valence-corrected chi connectivity index (χ4v) is 3.23. The molecule has 0 spiro atoms. The number of para-hydroxylation sites is 1. The zero-order valence-electron chi connectivity index (χ0n) is 13.4. The maximum Gasteiger partial charge on any atom is 0.270 e. The lowest BCUT2D eigenvalue weighted by Crippen LogP contribution is -2.19. The van der Waals surface area contributed by atoms with Crippen LogP contribution >= 0.6 is 23.4 Å². The molecule has 9 heteroatoms. The lowest BCUT2D eigenvalue weighted by molar-refractivity contribution is -0.384. The van der Waals surface area contributed by atoms with Crippen molar-refractivity contribution >= 4 is 51.9 Å². The summed E-state index contributed by atoms with van der Waals surface area (Å²) in [7, 11) is 1.45. The number of hydrogen-bond acceptors (Lipinski definition) is 6. The number of nitro groups is 1. The van der Waals surface area contributed by atoms with Gasteiger partial charge in [0.15, 0.2) is 5.17 Å². The summed E-state index contributed by atoms with van der Waals surface area (Å²) in [6, 6.07) is 11.2. The fourth-order valence-electron chi connectivity index (χ4n) is 2.22. The van der Waals surface area contributed by atoms with E-state index in [9.17, 15) is 14.9 Å². The third kappa shape index (κ3) is 3.87. The smallest absolute Gasteiger partial charge is 0.270 e. The van der Waals surface area contributed by atoms with E-state index in [1.807, 2.05) is 0 Å². The first-order chi connectivity index (χ1) is 12.5. The number of rotatable bonds is 4. The summed E-state index contributed by atoms with van der Waals surface area (Å²) in [5.74, 6) is 0.0716. The Balaban J connectivity index is 1.93. The number of amides is 1. The van der Waals surface area contributed by atoms with Gasteiger partial charge in [-0.05, 0) is 36.0 Å². The van der Waals surface area contributed by atoms with Gasteiger partial charge in [0.1, 0.15) is 5.75 Å². The lowest BCUT2D eigenvalue weighted by atomic mass is 10.1. The highest BCUT2D eigenvalue weighted by molar-refractivity contribution is 8.18. The molecule has 2 aromatic rings. The van der Waals surface area contributed by atoms with Crippen molar-refractivity contribution < 1.29 is 14.5 Å². The Morgan fingerprint density at radius 3 is 2.77 bits per heavy atom. The van der Waals surface area contributed by atoms with Crippen LogP contribution in [-0.2, 0) is 4.79 Å². The average molecular weight is 390 g/mol. The second-order valence-corrected chi connectivity index (χ2v) is 6.55. The molecule has 0 unspecified atom stereocenters. The number of nitrogens with one attached hydrogen (secondary N) is 1. The molecule has 0 aromatic heterocycles. The molecule has 1 heterocycles. The minimum atomic E-state index is -0.506. The molecule has 2 aromatic carbocycles. The van der Waals surface area contributed by atoms with E-state index in [4.69, 9.17) is 16.3 Å². The standard InChI is InChI=1S/C17H12ClN3O4S/c1-25-14-7-6-11(21(23)24)8-10(14)9-15-16(22)20-17(26-15)19-13-5-3-2-4-12(13)18/h2-9H,1H3,(H,19,20,22)/b15-9+. The van der Waals surface area contributed by atoms with Crippen molar-refractivity contribution in [3.05, 3.63) is 68.1 Å². The van der Waals surface area contributed by atoms with E-state index in [0.717, 1.165) is 11.8 Å². The van der Waals surface area contributed by atoms with Crippen molar-refractivity contribution in [1.82, 2.24) is 5.32 Å². The summed E-state index contributed by atoms with van der Waals surface area (Å²) in [6.07, 6.45) is 1.53. The molecule has 1 aliphatic heterocycles. The SMILES string of the molecule is COc1ccc([N+](=O)[O-])cc1/C=C1/SC(=Nc2ccccc2Cl)NC1=O. The van der Waals surface area contributed by atoms with Gasteiger partial charge in [0, 0.05) is 17.7 Å². The lowest BCUT2D eigenvalue weighted by Gasteiger charge is -2.04. The highest BCUT2D eigenvalue weighted by atomic mass is 35.5. The van der Waals surface area contributed by atoms with Gasteiger partial charge in [0.05, 0.1) is 27.6 Å². The van der Waals surface area contributed by atoms with Crippen LogP contribution in [-0.4, -0.2) is 23.1 Å². The summed E-state index contributed by atoms with van der Waals surface area (Å²) in [5, 5.41) is 14.5. The van der Waals surface area contributed by atoms with Crippen molar-refractivity contribution in [1.29, 1.82) is 0 Å². The zero-order chi connectivity index (χ0) is 18.7. The van der Waals surface area contributed by atoms with Gasteiger partial charge in [-0.3, -0.25) is 14.9 Å². The molecule has 7 nitrogen and oxygen atoms in total. The molecule has 1 saturated heterocycles. The molecule has 1 aliphatic rings. The van der Waals surface area contributed by atoms with Crippen LogP contribution in [0.2, 0.25) is 5.02 Å². The van der Waals surface area contributed by atoms with Crippen molar-refractivity contribution in [2.75, 3.05) is 7.11 Å². The quantitative estimate of drug-likeness (QED) is 0.481. The van der Waals surface area contributed by atoms with E-state index in [0.29, 0.717) is 32.1 Å². The summed E-state index contributed by atoms with van der Waals surface area (Å²) in [5.41, 5.74) is 0.871. The van der Waals surface area contributed by atoms with Gasteiger partial charge in [-0.25, -0.2) is 4.99 Å². The number of carbonyl (C=O) groups is 1. The summed E-state index contributed by atoms with van der Waals surface area (Å²) in [6.45, 7) is 0. The Bertz CT molecular complexity index is 959. The molecule has 1 N–H and O–H groups in total. The Hall–Kier alpha value is -2.84. The van der Waals surface area contributed by atoms with E-state index in [-0.39, 0.29) is 11.6 Å². The largest absolute Gasteiger partial charge is 0.496 e. The number of thioether (sulfide) groups is 1. The number of benzene rings is 2. The Morgan fingerprint density at radius 2 is 2.08 bits per heavy atom. The summed E-state index contributed by atoms with van der Waals surface area (Å²) >= 11 is 7.18. The van der Waals surface area contributed by atoms with Gasteiger partial charge in [-0.2, -0.15) is 0 Å². The van der Waals surface area contributed by atoms with Crippen LogP contribution in [0.15, 0.2) is 52.4 Å². The number of nitro benzene ring substituents is 1. The number of hydrogen-bond donors (Lipinski definition) is 1. The van der Waals surface area contributed by atoms with E-state index >= 15 is 0 Å². The second kappa shape index (κ2) is 7.59. The maximum absolute atomic E-state index is 12.2. The third-order valence-electron chi connectivity index (χ3n) is 3.44. The third-order valence-corrected chi connectivity index (χ3v) is 4.67. The molecule has 1 fully saturated rings. The molecular formula is C17H12ClN3O4S. The van der Waals surface area contributed by atoms with Crippen molar-refractivity contribution in [2.45, 2.75) is 0 Å². The highest BCUT2D eigenvalue weighted by Gasteiger charge is 2.25.